The summed E-state index contributed by atoms with van der Waals surface area (Å²) in [5.74, 6) is -5.00. The van der Waals surface area contributed by atoms with Gasteiger partial charge in [-0.1, -0.05) is 34.1 Å². The lowest BCUT2D eigenvalue weighted by Gasteiger charge is -2.24. The van der Waals surface area contributed by atoms with Crippen LogP contribution in [0.5, 0.6) is 0 Å². The van der Waals surface area contributed by atoms with Crippen LogP contribution in [0.4, 0.5) is 0 Å². The van der Waals surface area contributed by atoms with E-state index in [1.807, 2.05) is 6.92 Å². The van der Waals surface area contributed by atoms with E-state index in [0.29, 0.717) is 6.42 Å². The molecule has 0 rings (SSSR count). The van der Waals surface area contributed by atoms with Gasteiger partial charge in [-0.3, -0.25) is 19.2 Å². The highest BCUT2D eigenvalue weighted by atomic mass is 16.4. The zero-order chi connectivity index (χ0) is 23.6. The van der Waals surface area contributed by atoms with E-state index in [1.165, 1.54) is 6.92 Å². The number of nitrogens with two attached hydrogens (primary N) is 1. The first kappa shape index (κ1) is 27.3. The summed E-state index contributed by atoms with van der Waals surface area (Å²) in [6, 6.07) is -4.64. The first-order valence-electron chi connectivity index (χ1n) is 9.91. The fourth-order valence-electron chi connectivity index (χ4n) is 2.53. The van der Waals surface area contributed by atoms with Crippen LogP contribution in [0.15, 0.2) is 0 Å². The fraction of sp³-hybridized carbons (Fsp3) is 0.737. The number of carbonyl (C=O) groups is 5. The van der Waals surface area contributed by atoms with Crippen LogP contribution in [0.1, 0.15) is 53.9 Å². The van der Waals surface area contributed by atoms with Gasteiger partial charge in [0.1, 0.15) is 18.1 Å². The van der Waals surface area contributed by atoms with Crippen LogP contribution in [0.2, 0.25) is 0 Å². The highest BCUT2D eigenvalue weighted by Crippen LogP contribution is 2.07. The molecule has 0 aromatic heterocycles. The second-order valence-corrected chi connectivity index (χ2v) is 7.83. The molecule has 5 unspecified atom stereocenters. The topological polar surface area (TPSA) is 188 Å². The molecule has 0 saturated heterocycles. The Morgan fingerprint density at radius 1 is 0.833 bits per heavy atom. The smallest absolute Gasteiger partial charge is 0.326 e. The van der Waals surface area contributed by atoms with Gasteiger partial charge in [0.15, 0.2) is 0 Å². The van der Waals surface area contributed by atoms with E-state index in [0.717, 1.165) is 0 Å². The maximum Gasteiger partial charge on any atom is 0.326 e. The van der Waals surface area contributed by atoms with Crippen LogP contribution >= 0.6 is 0 Å². The number of nitrogens with one attached hydrogen (secondary N) is 3. The standard InChI is InChI=1S/C19H34N4O7/c1-6-10(4)15(20)18(28)22-12(8-14(24)25)17(27)21-11(5)16(26)23-13(19(29)30)7-9(2)3/h9-13,15H,6-8,20H2,1-5H3,(H,21,27)(H,22,28)(H,23,26)(H,24,25)(H,29,30). The van der Waals surface area contributed by atoms with Crippen molar-refractivity contribution in [2.24, 2.45) is 17.6 Å². The van der Waals surface area contributed by atoms with E-state index in [-0.39, 0.29) is 18.3 Å². The lowest BCUT2D eigenvalue weighted by Crippen LogP contribution is -2.57. The molecule has 0 radical (unpaired) electrons. The summed E-state index contributed by atoms with van der Waals surface area (Å²) in [4.78, 5) is 59.3. The van der Waals surface area contributed by atoms with Gasteiger partial charge in [0, 0.05) is 0 Å². The van der Waals surface area contributed by atoms with Crippen LogP contribution in [-0.2, 0) is 24.0 Å². The molecule has 5 atom stereocenters. The molecule has 11 heteroatoms. The normalized spacial score (nSPS) is 16.0. The van der Waals surface area contributed by atoms with Gasteiger partial charge in [-0.15, -0.1) is 0 Å². The predicted octanol–water partition coefficient (Wildman–Crippen LogP) is -0.560. The minimum atomic E-state index is -1.44. The first-order valence-corrected chi connectivity index (χ1v) is 9.91. The van der Waals surface area contributed by atoms with Gasteiger partial charge in [0.05, 0.1) is 12.5 Å². The molecule has 0 aliphatic carbocycles. The van der Waals surface area contributed by atoms with Gasteiger partial charge in [-0.25, -0.2) is 4.79 Å². The maximum atomic E-state index is 12.5. The molecular formula is C19H34N4O7. The number of rotatable bonds is 13. The Balaban J connectivity index is 5.12. The summed E-state index contributed by atoms with van der Waals surface area (Å²) in [5, 5.41) is 25.2. The van der Waals surface area contributed by atoms with Crippen molar-refractivity contribution in [1.82, 2.24) is 16.0 Å². The Morgan fingerprint density at radius 2 is 1.37 bits per heavy atom. The average Bonchev–Trinajstić information content (AvgIpc) is 2.64. The third-order valence-electron chi connectivity index (χ3n) is 4.65. The van der Waals surface area contributed by atoms with Crippen LogP contribution in [0, 0.1) is 11.8 Å². The van der Waals surface area contributed by atoms with E-state index in [2.05, 4.69) is 16.0 Å². The molecule has 0 heterocycles. The van der Waals surface area contributed by atoms with Crippen molar-refractivity contribution in [3.05, 3.63) is 0 Å². The van der Waals surface area contributed by atoms with Crippen molar-refractivity contribution in [3.63, 3.8) is 0 Å². The number of carboxylic acids is 2. The molecule has 172 valence electrons. The Hall–Kier alpha value is -2.69. The van der Waals surface area contributed by atoms with Gasteiger partial charge in [0.2, 0.25) is 17.7 Å². The molecule has 0 aliphatic rings. The lowest BCUT2D eigenvalue weighted by atomic mass is 9.99. The predicted molar refractivity (Wildman–Crippen MR) is 108 cm³/mol. The summed E-state index contributed by atoms with van der Waals surface area (Å²) < 4.78 is 0. The van der Waals surface area contributed by atoms with Crippen molar-refractivity contribution < 1.29 is 34.2 Å². The number of carboxylic acid groups (broad SMARTS) is 2. The largest absolute Gasteiger partial charge is 0.481 e. The summed E-state index contributed by atoms with van der Waals surface area (Å²) in [6.07, 6.45) is 0.111. The third-order valence-corrected chi connectivity index (χ3v) is 4.65. The number of amides is 3. The van der Waals surface area contributed by atoms with Gasteiger partial charge in [-0.05, 0) is 25.2 Å². The minimum absolute atomic E-state index is 0.0150. The molecule has 3 amide bonds. The lowest BCUT2D eigenvalue weighted by molar-refractivity contribution is -0.143. The Labute approximate surface area is 176 Å². The van der Waals surface area contributed by atoms with E-state index in [4.69, 9.17) is 10.8 Å². The second-order valence-electron chi connectivity index (χ2n) is 7.83. The van der Waals surface area contributed by atoms with Crippen molar-refractivity contribution >= 4 is 29.7 Å². The molecular weight excluding hydrogens is 396 g/mol. The number of carbonyl (C=O) groups excluding carboxylic acids is 3. The minimum Gasteiger partial charge on any atom is -0.481 e. The van der Waals surface area contributed by atoms with Gasteiger partial charge < -0.3 is 31.9 Å². The molecule has 11 nitrogen and oxygen atoms in total. The molecule has 0 bridgehead atoms. The SMILES string of the molecule is CCC(C)C(N)C(=O)NC(CC(=O)O)C(=O)NC(C)C(=O)NC(CC(C)C)C(=O)O. The molecule has 0 saturated carbocycles. The highest BCUT2D eigenvalue weighted by Gasteiger charge is 2.30. The van der Waals surface area contributed by atoms with E-state index in [1.54, 1.807) is 20.8 Å². The van der Waals surface area contributed by atoms with Crippen LogP contribution in [0.25, 0.3) is 0 Å². The molecule has 0 fully saturated rings. The van der Waals surface area contributed by atoms with E-state index >= 15 is 0 Å². The third kappa shape index (κ3) is 9.68. The molecule has 0 spiro atoms. The maximum absolute atomic E-state index is 12.5. The average molecular weight is 431 g/mol. The molecule has 0 aromatic rings. The zero-order valence-electron chi connectivity index (χ0n) is 18.1. The molecule has 30 heavy (non-hydrogen) atoms. The van der Waals surface area contributed by atoms with E-state index < -0.39 is 60.2 Å². The van der Waals surface area contributed by atoms with Crippen LogP contribution in [0.3, 0.4) is 0 Å². The molecule has 7 N–H and O–H groups in total. The molecule has 0 aromatic carbocycles. The van der Waals surface area contributed by atoms with E-state index in [9.17, 15) is 29.1 Å². The Morgan fingerprint density at radius 3 is 1.80 bits per heavy atom. The molecule has 0 aliphatic heterocycles. The number of hydrogen-bond acceptors (Lipinski definition) is 6. The first-order chi connectivity index (χ1) is 13.8. The Bertz CT molecular complexity index is 638. The summed E-state index contributed by atoms with van der Waals surface area (Å²) in [6.45, 7) is 8.52. The Kier molecular flexibility index (Phi) is 11.6. The van der Waals surface area contributed by atoms with Crippen LogP contribution in [-0.4, -0.2) is 64.0 Å². The van der Waals surface area contributed by atoms with Crippen molar-refractivity contribution in [3.8, 4) is 0 Å². The monoisotopic (exact) mass is 430 g/mol. The van der Waals surface area contributed by atoms with Crippen molar-refractivity contribution in [1.29, 1.82) is 0 Å². The fourth-order valence-corrected chi connectivity index (χ4v) is 2.53. The van der Waals surface area contributed by atoms with Crippen molar-refractivity contribution in [2.75, 3.05) is 0 Å². The quantitative estimate of drug-likeness (QED) is 0.224. The number of aliphatic carboxylic acids is 2. The summed E-state index contributed by atoms with van der Waals surface area (Å²) >= 11 is 0. The zero-order valence-corrected chi connectivity index (χ0v) is 18.1. The van der Waals surface area contributed by atoms with Gasteiger partial charge in [-0.2, -0.15) is 0 Å². The second kappa shape index (κ2) is 12.8. The van der Waals surface area contributed by atoms with Crippen molar-refractivity contribution in [2.45, 2.75) is 78.0 Å². The van der Waals surface area contributed by atoms with Crippen LogP contribution < -0.4 is 21.7 Å². The summed E-state index contributed by atoms with van der Waals surface area (Å²) in [7, 11) is 0. The highest BCUT2D eigenvalue weighted by molar-refractivity contribution is 5.95. The summed E-state index contributed by atoms with van der Waals surface area (Å²) in [5.41, 5.74) is 5.81. The number of hydrogen-bond donors (Lipinski definition) is 6. The van der Waals surface area contributed by atoms with Gasteiger partial charge >= 0.3 is 11.9 Å². The van der Waals surface area contributed by atoms with Gasteiger partial charge in [0.25, 0.3) is 0 Å².